The molecule has 0 fully saturated rings. The summed E-state index contributed by atoms with van der Waals surface area (Å²) in [6.45, 7) is 5.93. The monoisotopic (exact) mass is 261 g/mol. The number of hydrogen-bond donors (Lipinski definition) is 1. The molecular formula is C14H15NO2S. The van der Waals surface area contributed by atoms with Crippen LogP contribution in [0.15, 0.2) is 24.3 Å². The minimum Gasteiger partial charge on any atom is -0.477 e. The van der Waals surface area contributed by atoms with Gasteiger partial charge in [0.2, 0.25) is 0 Å². The number of nitrogens with zero attached hydrogens (tertiary/aromatic N) is 1. The number of carbonyl (C=O) groups is 1. The van der Waals surface area contributed by atoms with Crippen LogP contribution in [-0.4, -0.2) is 16.1 Å². The Bertz CT molecular complexity index is 587. The van der Waals surface area contributed by atoms with E-state index in [9.17, 15) is 9.90 Å². The van der Waals surface area contributed by atoms with Crippen molar-refractivity contribution in [2.75, 3.05) is 0 Å². The second-order valence-corrected chi connectivity index (χ2v) is 5.51. The molecule has 1 aromatic carbocycles. The van der Waals surface area contributed by atoms with E-state index >= 15 is 0 Å². The van der Waals surface area contributed by atoms with Crippen molar-refractivity contribution in [1.82, 2.24) is 4.98 Å². The lowest BCUT2D eigenvalue weighted by Crippen LogP contribution is -2.00. The number of aromatic nitrogens is 1. The summed E-state index contributed by atoms with van der Waals surface area (Å²) in [6, 6.07) is 7.89. The van der Waals surface area contributed by atoms with Gasteiger partial charge in [0.05, 0.1) is 5.69 Å². The minimum atomic E-state index is -0.893. The van der Waals surface area contributed by atoms with Gasteiger partial charge in [0.15, 0.2) is 0 Å². The molecule has 0 aliphatic carbocycles. The van der Waals surface area contributed by atoms with E-state index in [0.29, 0.717) is 10.6 Å². The Labute approximate surface area is 110 Å². The molecule has 3 nitrogen and oxygen atoms in total. The first kappa shape index (κ1) is 12.8. The average Bonchev–Trinajstić information content (AvgIpc) is 2.74. The van der Waals surface area contributed by atoms with Crippen LogP contribution in [-0.2, 0) is 0 Å². The first-order chi connectivity index (χ1) is 8.50. The number of benzene rings is 1. The molecule has 2 aromatic rings. The number of carboxylic acid groups (broad SMARTS) is 1. The Balaban J connectivity index is 2.57. The highest BCUT2D eigenvalue weighted by Gasteiger charge is 2.20. The Hall–Kier alpha value is -1.68. The topological polar surface area (TPSA) is 50.2 Å². The summed E-state index contributed by atoms with van der Waals surface area (Å²) in [6.07, 6.45) is 0. The lowest BCUT2D eigenvalue weighted by molar-refractivity contribution is 0.0700. The van der Waals surface area contributed by atoms with Crippen molar-refractivity contribution in [3.63, 3.8) is 0 Å². The molecule has 94 valence electrons. The maximum absolute atomic E-state index is 11.2. The summed E-state index contributed by atoms with van der Waals surface area (Å²) < 4.78 is 0. The van der Waals surface area contributed by atoms with Crippen molar-refractivity contribution >= 4 is 17.3 Å². The molecule has 1 N–H and O–H groups in total. The standard InChI is InChI=1S/C14H15NO2S/c1-8(2)11-12(14(16)17)18-13(15-11)10-7-5-4-6-9(10)3/h4-8H,1-3H3,(H,16,17). The van der Waals surface area contributed by atoms with Gasteiger partial charge in [0.1, 0.15) is 9.88 Å². The van der Waals surface area contributed by atoms with E-state index in [4.69, 9.17) is 0 Å². The zero-order valence-electron chi connectivity index (χ0n) is 10.6. The van der Waals surface area contributed by atoms with E-state index in [-0.39, 0.29) is 5.92 Å². The summed E-state index contributed by atoms with van der Waals surface area (Å²) in [7, 11) is 0. The second-order valence-electron chi connectivity index (χ2n) is 4.51. The van der Waals surface area contributed by atoms with E-state index in [1.165, 1.54) is 11.3 Å². The number of thiazole rings is 1. The van der Waals surface area contributed by atoms with E-state index < -0.39 is 5.97 Å². The van der Waals surface area contributed by atoms with Gasteiger partial charge in [-0.25, -0.2) is 9.78 Å². The summed E-state index contributed by atoms with van der Waals surface area (Å²) in [5, 5.41) is 10.0. The maximum atomic E-state index is 11.2. The summed E-state index contributed by atoms with van der Waals surface area (Å²) >= 11 is 1.25. The molecule has 18 heavy (non-hydrogen) atoms. The van der Waals surface area contributed by atoms with Crippen LogP contribution in [0.25, 0.3) is 10.6 Å². The van der Waals surface area contributed by atoms with Gasteiger partial charge in [0.25, 0.3) is 0 Å². The molecule has 0 radical (unpaired) electrons. The fraction of sp³-hybridized carbons (Fsp3) is 0.286. The molecular weight excluding hydrogens is 246 g/mol. The molecule has 0 saturated heterocycles. The zero-order chi connectivity index (χ0) is 13.3. The molecule has 0 aliphatic heterocycles. The van der Waals surface area contributed by atoms with Gasteiger partial charge < -0.3 is 5.11 Å². The number of aromatic carboxylic acids is 1. The van der Waals surface area contributed by atoms with Crippen LogP contribution in [0.3, 0.4) is 0 Å². The zero-order valence-corrected chi connectivity index (χ0v) is 11.4. The smallest absolute Gasteiger partial charge is 0.347 e. The molecule has 1 aromatic heterocycles. The molecule has 4 heteroatoms. The SMILES string of the molecule is Cc1ccccc1-c1nc(C(C)C)c(C(=O)O)s1. The van der Waals surface area contributed by atoms with Gasteiger partial charge >= 0.3 is 5.97 Å². The van der Waals surface area contributed by atoms with E-state index in [0.717, 1.165) is 16.1 Å². The van der Waals surface area contributed by atoms with Gasteiger partial charge in [-0.2, -0.15) is 0 Å². The quantitative estimate of drug-likeness (QED) is 0.910. The van der Waals surface area contributed by atoms with E-state index in [1.807, 2.05) is 45.0 Å². The number of carboxylic acids is 1. The first-order valence-corrected chi connectivity index (χ1v) is 6.62. The Morgan fingerprint density at radius 3 is 2.50 bits per heavy atom. The van der Waals surface area contributed by atoms with Gasteiger partial charge in [-0.05, 0) is 18.4 Å². The van der Waals surface area contributed by atoms with Gasteiger partial charge in [0, 0.05) is 5.56 Å². The molecule has 0 aliphatic rings. The third-order valence-electron chi connectivity index (χ3n) is 2.77. The summed E-state index contributed by atoms with van der Waals surface area (Å²) in [4.78, 5) is 16.1. The maximum Gasteiger partial charge on any atom is 0.347 e. The van der Waals surface area contributed by atoms with Crippen molar-refractivity contribution < 1.29 is 9.90 Å². The highest BCUT2D eigenvalue weighted by atomic mass is 32.1. The lowest BCUT2D eigenvalue weighted by atomic mass is 10.1. The van der Waals surface area contributed by atoms with E-state index in [2.05, 4.69) is 4.98 Å². The molecule has 0 spiro atoms. The van der Waals surface area contributed by atoms with E-state index in [1.54, 1.807) is 0 Å². The Morgan fingerprint density at radius 1 is 1.33 bits per heavy atom. The van der Waals surface area contributed by atoms with Crippen LogP contribution in [0.5, 0.6) is 0 Å². The van der Waals surface area contributed by atoms with Crippen LogP contribution >= 0.6 is 11.3 Å². The second kappa shape index (κ2) is 4.90. The predicted molar refractivity (Wildman–Crippen MR) is 73.3 cm³/mol. The fourth-order valence-corrected chi connectivity index (χ4v) is 2.95. The van der Waals surface area contributed by atoms with Crippen molar-refractivity contribution in [3.8, 4) is 10.6 Å². The molecule has 1 heterocycles. The molecule has 0 bridgehead atoms. The molecule has 2 rings (SSSR count). The molecule has 0 atom stereocenters. The number of aryl methyl sites for hydroxylation is 1. The Kier molecular flexibility index (Phi) is 3.48. The third kappa shape index (κ3) is 2.29. The lowest BCUT2D eigenvalue weighted by Gasteiger charge is -2.01. The van der Waals surface area contributed by atoms with Crippen molar-refractivity contribution in [1.29, 1.82) is 0 Å². The third-order valence-corrected chi connectivity index (χ3v) is 3.86. The van der Waals surface area contributed by atoms with Gasteiger partial charge in [-0.15, -0.1) is 11.3 Å². The normalized spacial score (nSPS) is 10.9. The van der Waals surface area contributed by atoms with Crippen LogP contribution in [0.4, 0.5) is 0 Å². The van der Waals surface area contributed by atoms with Crippen LogP contribution in [0.2, 0.25) is 0 Å². The fourth-order valence-electron chi connectivity index (χ4n) is 1.80. The number of hydrogen-bond acceptors (Lipinski definition) is 3. The highest BCUT2D eigenvalue weighted by Crippen LogP contribution is 2.33. The number of rotatable bonds is 3. The van der Waals surface area contributed by atoms with Gasteiger partial charge in [-0.1, -0.05) is 38.1 Å². The van der Waals surface area contributed by atoms with Gasteiger partial charge in [-0.3, -0.25) is 0 Å². The first-order valence-electron chi connectivity index (χ1n) is 5.80. The predicted octanol–water partition coefficient (Wildman–Crippen LogP) is 3.94. The molecule has 0 amide bonds. The highest BCUT2D eigenvalue weighted by molar-refractivity contribution is 7.17. The minimum absolute atomic E-state index is 0.116. The van der Waals surface area contributed by atoms with Crippen molar-refractivity contribution in [2.24, 2.45) is 0 Å². The van der Waals surface area contributed by atoms with Crippen molar-refractivity contribution in [2.45, 2.75) is 26.7 Å². The summed E-state index contributed by atoms with van der Waals surface area (Å²) in [5.74, 6) is -0.777. The van der Waals surface area contributed by atoms with Crippen molar-refractivity contribution in [3.05, 3.63) is 40.4 Å². The molecule has 0 unspecified atom stereocenters. The van der Waals surface area contributed by atoms with Crippen LogP contribution in [0, 0.1) is 6.92 Å². The average molecular weight is 261 g/mol. The summed E-state index contributed by atoms with van der Waals surface area (Å²) in [5.41, 5.74) is 2.79. The largest absolute Gasteiger partial charge is 0.477 e. The van der Waals surface area contributed by atoms with Crippen LogP contribution < -0.4 is 0 Å². The molecule has 0 saturated carbocycles. The Morgan fingerprint density at radius 2 is 2.00 bits per heavy atom. The van der Waals surface area contributed by atoms with Crippen LogP contribution in [0.1, 0.15) is 40.7 Å².